The number of aliphatic hydroxyl groups excluding tert-OH is 1. The SMILES string of the molecule is C=CCN1C(C)(C)CC(O)CC1(CC)CC. The van der Waals surface area contributed by atoms with E-state index in [1.165, 1.54) is 0 Å². The Bertz CT molecular complexity index is 243. The maximum Gasteiger partial charge on any atom is 0.0575 e. The molecule has 0 aromatic rings. The quantitative estimate of drug-likeness (QED) is 0.744. The predicted octanol–water partition coefficient (Wildman–Crippen LogP) is 2.97. The lowest BCUT2D eigenvalue weighted by Crippen LogP contribution is -2.63. The molecular weight excluding hydrogens is 198 g/mol. The standard InChI is InChI=1S/C14H27NO/c1-6-9-15-13(4,5)10-12(16)11-14(15,7-2)8-3/h6,12,16H,1,7-11H2,2-5H3. The van der Waals surface area contributed by atoms with Gasteiger partial charge in [0.2, 0.25) is 0 Å². The summed E-state index contributed by atoms with van der Waals surface area (Å²) in [5.41, 5.74) is 0.216. The van der Waals surface area contributed by atoms with Crippen molar-refractivity contribution in [1.29, 1.82) is 0 Å². The normalized spacial score (nSPS) is 28.9. The minimum absolute atomic E-state index is 0.0673. The van der Waals surface area contributed by atoms with Crippen LogP contribution in [0, 0.1) is 0 Å². The Labute approximate surface area is 100 Å². The second-order valence-electron chi connectivity index (χ2n) is 5.71. The summed E-state index contributed by atoms with van der Waals surface area (Å²) in [5, 5.41) is 10.1. The number of aliphatic hydroxyl groups is 1. The molecule has 0 radical (unpaired) electrons. The minimum atomic E-state index is -0.157. The van der Waals surface area contributed by atoms with Crippen molar-refractivity contribution < 1.29 is 5.11 Å². The third-order valence-electron chi connectivity index (χ3n) is 4.28. The average Bonchev–Trinajstić information content (AvgIpc) is 2.21. The highest BCUT2D eigenvalue weighted by Crippen LogP contribution is 2.42. The number of hydrogen-bond acceptors (Lipinski definition) is 2. The monoisotopic (exact) mass is 225 g/mol. The van der Waals surface area contributed by atoms with Crippen LogP contribution in [0.15, 0.2) is 12.7 Å². The summed E-state index contributed by atoms with van der Waals surface area (Å²) in [5.74, 6) is 0. The number of hydrogen-bond donors (Lipinski definition) is 1. The van der Waals surface area contributed by atoms with Crippen molar-refractivity contribution in [1.82, 2.24) is 4.90 Å². The minimum Gasteiger partial charge on any atom is -0.393 e. The molecule has 1 aliphatic rings. The van der Waals surface area contributed by atoms with E-state index in [4.69, 9.17) is 0 Å². The van der Waals surface area contributed by atoms with Crippen molar-refractivity contribution in [2.75, 3.05) is 6.54 Å². The fourth-order valence-corrected chi connectivity index (χ4v) is 3.44. The molecule has 2 nitrogen and oxygen atoms in total. The number of nitrogens with zero attached hydrogens (tertiary/aromatic N) is 1. The van der Waals surface area contributed by atoms with Gasteiger partial charge < -0.3 is 5.11 Å². The van der Waals surface area contributed by atoms with Gasteiger partial charge in [-0.1, -0.05) is 19.9 Å². The van der Waals surface area contributed by atoms with Crippen LogP contribution in [0.3, 0.4) is 0 Å². The van der Waals surface area contributed by atoms with Crippen LogP contribution in [-0.2, 0) is 0 Å². The summed E-state index contributed by atoms with van der Waals surface area (Å²) in [6, 6.07) is 0. The van der Waals surface area contributed by atoms with Gasteiger partial charge in [0.15, 0.2) is 0 Å². The molecule has 0 aromatic carbocycles. The van der Waals surface area contributed by atoms with E-state index in [9.17, 15) is 5.11 Å². The zero-order valence-corrected chi connectivity index (χ0v) is 11.3. The Balaban J connectivity index is 3.05. The first-order valence-corrected chi connectivity index (χ1v) is 6.48. The summed E-state index contributed by atoms with van der Waals surface area (Å²) in [6.07, 6.45) is 5.78. The van der Waals surface area contributed by atoms with Gasteiger partial charge >= 0.3 is 0 Å². The molecular formula is C14H27NO. The van der Waals surface area contributed by atoms with E-state index < -0.39 is 0 Å². The number of piperidine rings is 1. The fourth-order valence-electron chi connectivity index (χ4n) is 3.44. The third-order valence-corrected chi connectivity index (χ3v) is 4.28. The molecule has 1 rings (SSSR count). The summed E-state index contributed by atoms with van der Waals surface area (Å²) in [4.78, 5) is 2.54. The lowest BCUT2D eigenvalue weighted by atomic mass is 9.73. The van der Waals surface area contributed by atoms with E-state index in [0.717, 1.165) is 32.2 Å². The van der Waals surface area contributed by atoms with Crippen molar-refractivity contribution in [3.63, 3.8) is 0 Å². The number of rotatable bonds is 4. The Morgan fingerprint density at radius 1 is 1.31 bits per heavy atom. The Morgan fingerprint density at radius 2 is 1.88 bits per heavy atom. The van der Waals surface area contributed by atoms with E-state index in [0.29, 0.717) is 0 Å². The molecule has 1 fully saturated rings. The van der Waals surface area contributed by atoms with Gasteiger partial charge in [0.05, 0.1) is 6.10 Å². The maximum atomic E-state index is 10.1. The van der Waals surface area contributed by atoms with Crippen LogP contribution >= 0.6 is 0 Å². The first-order valence-electron chi connectivity index (χ1n) is 6.48. The first-order chi connectivity index (χ1) is 7.41. The van der Waals surface area contributed by atoms with Gasteiger partial charge in [-0.05, 0) is 39.5 Å². The van der Waals surface area contributed by atoms with Crippen LogP contribution in [0.1, 0.15) is 53.4 Å². The molecule has 1 N–H and O–H groups in total. The highest BCUT2D eigenvalue weighted by atomic mass is 16.3. The lowest BCUT2D eigenvalue weighted by molar-refractivity contribution is -0.0934. The van der Waals surface area contributed by atoms with E-state index in [-0.39, 0.29) is 17.2 Å². The topological polar surface area (TPSA) is 23.5 Å². The molecule has 0 spiro atoms. The van der Waals surface area contributed by atoms with Crippen LogP contribution < -0.4 is 0 Å². The summed E-state index contributed by atoms with van der Waals surface area (Å²) in [6.45, 7) is 13.7. The van der Waals surface area contributed by atoms with Gasteiger partial charge in [-0.25, -0.2) is 0 Å². The van der Waals surface area contributed by atoms with Gasteiger partial charge in [0.1, 0.15) is 0 Å². The van der Waals surface area contributed by atoms with Gasteiger partial charge in [-0.3, -0.25) is 4.90 Å². The zero-order chi connectivity index (χ0) is 12.4. The molecule has 1 unspecified atom stereocenters. The molecule has 0 amide bonds. The van der Waals surface area contributed by atoms with Gasteiger partial charge in [0, 0.05) is 17.6 Å². The van der Waals surface area contributed by atoms with Gasteiger partial charge in [-0.2, -0.15) is 0 Å². The Hall–Kier alpha value is -0.340. The second-order valence-corrected chi connectivity index (χ2v) is 5.71. The molecule has 1 heterocycles. The van der Waals surface area contributed by atoms with Crippen molar-refractivity contribution in [3.05, 3.63) is 12.7 Å². The maximum absolute atomic E-state index is 10.1. The van der Waals surface area contributed by atoms with Gasteiger partial charge in [-0.15, -0.1) is 6.58 Å². The molecule has 1 atom stereocenters. The molecule has 1 saturated heterocycles. The largest absolute Gasteiger partial charge is 0.393 e. The molecule has 0 aliphatic carbocycles. The van der Waals surface area contributed by atoms with E-state index >= 15 is 0 Å². The van der Waals surface area contributed by atoms with E-state index in [1.54, 1.807) is 0 Å². The second kappa shape index (κ2) is 4.89. The highest BCUT2D eigenvalue weighted by molar-refractivity contribution is 5.05. The zero-order valence-electron chi connectivity index (χ0n) is 11.3. The molecule has 16 heavy (non-hydrogen) atoms. The Morgan fingerprint density at radius 3 is 2.31 bits per heavy atom. The summed E-state index contributed by atoms with van der Waals surface area (Å²) < 4.78 is 0. The third kappa shape index (κ3) is 2.33. The van der Waals surface area contributed by atoms with Crippen molar-refractivity contribution >= 4 is 0 Å². The van der Waals surface area contributed by atoms with Crippen molar-refractivity contribution in [2.45, 2.75) is 70.6 Å². The van der Waals surface area contributed by atoms with Crippen molar-refractivity contribution in [3.8, 4) is 0 Å². The van der Waals surface area contributed by atoms with Crippen LogP contribution in [0.5, 0.6) is 0 Å². The summed E-state index contributed by atoms with van der Waals surface area (Å²) >= 11 is 0. The molecule has 94 valence electrons. The van der Waals surface area contributed by atoms with Crippen LogP contribution in [0.2, 0.25) is 0 Å². The lowest BCUT2D eigenvalue weighted by Gasteiger charge is -2.56. The van der Waals surface area contributed by atoms with E-state index in [1.807, 2.05) is 6.08 Å². The molecule has 2 heteroatoms. The highest BCUT2D eigenvalue weighted by Gasteiger charge is 2.47. The van der Waals surface area contributed by atoms with Crippen molar-refractivity contribution in [2.24, 2.45) is 0 Å². The van der Waals surface area contributed by atoms with Crippen LogP contribution in [0.25, 0.3) is 0 Å². The Kier molecular flexibility index (Phi) is 4.19. The molecule has 0 saturated carbocycles. The van der Waals surface area contributed by atoms with Gasteiger partial charge in [0.25, 0.3) is 0 Å². The van der Waals surface area contributed by atoms with Crippen LogP contribution in [0.4, 0.5) is 0 Å². The fraction of sp³-hybridized carbons (Fsp3) is 0.857. The number of likely N-dealkylation sites (tertiary alicyclic amines) is 1. The molecule has 0 bridgehead atoms. The average molecular weight is 225 g/mol. The smallest absolute Gasteiger partial charge is 0.0575 e. The molecule has 0 aromatic heterocycles. The van der Waals surface area contributed by atoms with E-state index in [2.05, 4.69) is 39.2 Å². The molecule has 1 aliphatic heterocycles. The first kappa shape index (κ1) is 13.7. The predicted molar refractivity (Wildman–Crippen MR) is 69.5 cm³/mol. The van der Waals surface area contributed by atoms with Crippen LogP contribution in [-0.4, -0.2) is 33.7 Å². The summed E-state index contributed by atoms with van der Waals surface area (Å²) in [7, 11) is 0.